The fourth-order valence-electron chi connectivity index (χ4n) is 1.92. The van der Waals surface area contributed by atoms with Crippen LogP contribution in [0.2, 0.25) is 5.02 Å². The Bertz CT molecular complexity index is 338. The van der Waals surface area contributed by atoms with E-state index in [0.29, 0.717) is 0 Å². The lowest BCUT2D eigenvalue weighted by atomic mass is 9.88. The lowest BCUT2D eigenvalue weighted by Crippen LogP contribution is -2.17. The van der Waals surface area contributed by atoms with Crippen molar-refractivity contribution in [2.75, 3.05) is 0 Å². The van der Waals surface area contributed by atoms with Gasteiger partial charge in [0.2, 0.25) is 0 Å². The first-order valence-corrected chi connectivity index (χ1v) is 5.59. The lowest BCUT2D eigenvalue weighted by Gasteiger charge is -2.23. The first-order valence-electron chi connectivity index (χ1n) is 4.42. The maximum Gasteiger partial charge on any atom is 0.0467 e. The minimum Gasteiger partial charge on any atom is -0.324 e. The van der Waals surface area contributed by atoms with Gasteiger partial charge in [-0.3, -0.25) is 0 Å². The molecule has 0 amide bonds. The van der Waals surface area contributed by atoms with Gasteiger partial charge in [-0.05, 0) is 42.5 Å². The smallest absolute Gasteiger partial charge is 0.0467 e. The fourth-order valence-corrected chi connectivity index (χ4v) is 2.93. The van der Waals surface area contributed by atoms with Crippen molar-refractivity contribution in [2.24, 2.45) is 5.73 Å². The molecular weight excluding hydrogens is 249 g/mol. The molecule has 70 valence electrons. The number of nitrogens with two attached hydrogens (primary N) is 1. The van der Waals surface area contributed by atoms with Gasteiger partial charge in [0.15, 0.2) is 0 Å². The van der Waals surface area contributed by atoms with Crippen LogP contribution in [0.3, 0.4) is 0 Å². The van der Waals surface area contributed by atoms with Crippen LogP contribution in [0.15, 0.2) is 16.6 Å². The van der Waals surface area contributed by atoms with Crippen LogP contribution in [0.4, 0.5) is 0 Å². The highest BCUT2D eigenvalue weighted by Gasteiger charge is 2.19. The summed E-state index contributed by atoms with van der Waals surface area (Å²) in [6.45, 7) is 0. The normalized spacial score (nSPS) is 21.3. The monoisotopic (exact) mass is 259 g/mol. The second kappa shape index (κ2) is 3.60. The summed E-state index contributed by atoms with van der Waals surface area (Å²) in [7, 11) is 0. The van der Waals surface area contributed by atoms with Crippen molar-refractivity contribution < 1.29 is 0 Å². The van der Waals surface area contributed by atoms with Crippen molar-refractivity contribution in [1.82, 2.24) is 0 Å². The first kappa shape index (κ1) is 9.50. The quantitative estimate of drug-likeness (QED) is 0.760. The zero-order chi connectivity index (χ0) is 9.42. The molecule has 1 atom stereocenters. The summed E-state index contributed by atoms with van der Waals surface area (Å²) in [6, 6.07) is 4.18. The molecule has 0 saturated heterocycles. The second-order valence-electron chi connectivity index (χ2n) is 3.46. The zero-order valence-electron chi connectivity index (χ0n) is 7.19. The van der Waals surface area contributed by atoms with E-state index in [9.17, 15) is 0 Å². The molecule has 0 bridgehead atoms. The lowest BCUT2D eigenvalue weighted by molar-refractivity contribution is 0.570. The molecule has 0 fully saturated rings. The van der Waals surface area contributed by atoms with E-state index in [1.165, 1.54) is 12.0 Å². The number of hydrogen-bond acceptors (Lipinski definition) is 1. The summed E-state index contributed by atoms with van der Waals surface area (Å²) in [4.78, 5) is 0. The van der Waals surface area contributed by atoms with Crippen molar-refractivity contribution in [2.45, 2.75) is 25.3 Å². The molecule has 1 aliphatic carbocycles. The van der Waals surface area contributed by atoms with Gasteiger partial charge in [0.1, 0.15) is 0 Å². The fraction of sp³-hybridized carbons (Fsp3) is 0.400. The van der Waals surface area contributed by atoms with Crippen LogP contribution in [-0.4, -0.2) is 0 Å². The number of benzene rings is 1. The van der Waals surface area contributed by atoms with Crippen molar-refractivity contribution in [1.29, 1.82) is 0 Å². The highest BCUT2D eigenvalue weighted by Crippen LogP contribution is 2.35. The highest BCUT2D eigenvalue weighted by molar-refractivity contribution is 9.10. The van der Waals surface area contributed by atoms with E-state index >= 15 is 0 Å². The van der Waals surface area contributed by atoms with E-state index in [1.54, 1.807) is 0 Å². The number of aryl methyl sites for hydroxylation is 1. The van der Waals surface area contributed by atoms with E-state index in [1.807, 2.05) is 6.07 Å². The van der Waals surface area contributed by atoms with Gasteiger partial charge < -0.3 is 5.73 Å². The van der Waals surface area contributed by atoms with Crippen LogP contribution >= 0.6 is 27.5 Å². The van der Waals surface area contributed by atoms with Gasteiger partial charge in [0.05, 0.1) is 0 Å². The summed E-state index contributed by atoms with van der Waals surface area (Å²) < 4.78 is 1.05. The predicted molar refractivity (Wildman–Crippen MR) is 59.0 cm³/mol. The maximum atomic E-state index is 6.13. The van der Waals surface area contributed by atoms with E-state index in [4.69, 9.17) is 17.3 Å². The van der Waals surface area contributed by atoms with Crippen LogP contribution in [0, 0.1) is 0 Å². The minimum absolute atomic E-state index is 0.129. The van der Waals surface area contributed by atoms with Crippen LogP contribution in [0.25, 0.3) is 0 Å². The van der Waals surface area contributed by atoms with Crippen LogP contribution in [0.1, 0.15) is 30.0 Å². The molecule has 0 spiro atoms. The summed E-state index contributed by atoms with van der Waals surface area (Å²) >= 11 is 9.57. The Kier molecular flexibility index (Phi) is 2.63. The number of rotatable bonds is 0. The number of halogens is 2. The third kappa shape index (κ3) is 1.76. The van der Waals surface area contributed by atoms with Gasteiger partial charge in [-0.15, -0.1) is 0 Å². The molecule has 0 aliphatic heterocycles. The third-order valence-electron chi connectivity index (χ3n) is 2.51. The van der Waals surface area contributed by atoms with E-state index < -0.39 is 0 Å². The third-order valence-corrected chi connectivity index (χ3v) is 3.28. The van der Waals surface area contributed by atoms with Crippen LogP contribution < -0.4 is 5.73 Å². The summed E-state index contributed by atoms with van der Waals surface area (Å²) in [5, 5.41) is 0.802. The minimum atomic E-state index is 0.129. The standard InChI is InChI=1S/C10H11BrClN/c11-7-4-6-2-1-3-9(13)10(6)8(12)5-7/h4-5,9H,1-3,13H2. The first-order chi connectivity index (χ1) is 6.18. The van der Waals surface area contributed by atoms with Crippen LogP contribution in [0.5, 0.6) is 0 Å². The van der Waals surface area contributed by atoms with Crippen molar-refractivity contribution in [3.05, 3.63) is 32.8 Å². The molecule has 0 radical (unpaired) electrons. The molecule has 0 heterocycles. The molecular formula is C10H11BrClN. The summed E-state index contributed by atoms with van der Waals surface area (Å²) in [5.41, 5.74) is 8.45. The molecule has 2 N–H and O–H groups in total. The predicted octanol–water partition coefficient (Wildman–Crippen LogP) is 3.44. The topological polar surface area (TPSA) is 26.0 Å². The van der Waals surface area contributed by atoms with Gasteiger partial charge in [-0.1, -0.05) is 27.5 Å². The molecule has 0 saturated carbocycles. The van der Waals surface area contributed by atoms with Crippen molar-refractivity contribution in [3.8, 4) is 0 Å². The Labute approximate surface area is 91.4 Å². The van der Waals surface area contributed by atoms with Gasteiger partial charge in [0.25, 0.3) is 0 Å². The number of hydrogen-bond donors (Lipinski definition) is 1. The zero-order valence-corrected chi connectivity index (χ0v) is 9.53. The number of fused-ring (bicyclic) bond motifs is 1. The largest absolute Gasteiger partial charge is 0.324 e. The Hall–Kier alpha value is -0.0500. The van der Waals surface area contributed by atoms with Gasteiger partial charge in [-0.2, -0.15) is 0 Å². The summed E-state index contributed by atoms with van der Waals surface area (Å²) in [5.74, 6) is 0. The van der Waals surface area contributed by atoms with Gasteiger partial charge >= 0.3 is 0 Å². The molecule has 1 nitrogen and oxygen atoms in total. The molecule has 1 aromatic carbocycles. The van der Waals surface area contributed by atoms with E-state index in [2.05, 4.69) is 22.0 Å². The molecule has 1 unspecified atom stereocenters. The Morgan fingerprint density at radius 3 is 3.00 bits per heavy atom. The maximum absolute atomic E-state index is 6.13. The Balaban J connectivity index is 2.56. The average molecular weight is 261 g/mol. The van der Waals surface area contributed by atoms with Gasteiger partial charge in [-0.25, -0.2) is 0 Å². The highest BCUT2D eigenvalue weighted by atomic mass is 79.9. The van der Waals surface area contributed by atoms with Crippen LogP contribution in [-0.2, 0) is 6.42 Å². The molecule has 2 rings (SSSR count). The molecule has 3 heteroatoms. The molecule has 13 heavy (non-hydrogen) atoms. The summed E-state index contributed by atoms with van der Waals surface area (Å²) in [6.07, 6.45) is 3.32. The molecule has 1 aromatic rings. The van der Waals surface area contributed by atoms with Crippen molar-refractivity contribution >= 4 is 27.5 Å². The van der Waals surface area contributed by atoms with Gasteiger partial charge in [0, 0.05) is 15.5 Å². The Morgan fingerprint density at radius 1 is 1.46 bits per heavy atom. The van der Waals surface area contributed by atoms with Crippen molar-refractivity contribution in [3.63, 3.8) is 0 Å². The molecule has 1 aliphatic rings. The van der Waals surface area contributed by atoms with E-state index in [0.717, 1.165) is 27.9 Å². The van der Waals surface area contributed by atoms with E-state index in [-0.39, 0.29) is 6.04 Å². The molecule has 0 aromatic heterocycles. The SMILES string of the molecule is NC1CCCc2cc(Br)cc(Cl)c21. The Morgan fingerprint density at radius 2 is 2.23 bits per heavy atom. The average Bonchev–Trinajstić information content (AvgIpc) is 2.02. The second-order valence-corrected chi connectivity index (χ2v) is 4.78.